The summed E-state index contributed by atoms with van der Waals surface area (Å²) in [5.41, 5.74) is 5.07. The number of halogens is 3. The van der Waals surface area contributed by atoms with E-state index < -0.39 is 11.7 Å². The normalized spacial score (nSPS) is 11.4. The van der Waals surface area contributed by atoms with Gasteiger partial charge in [0.25, 0.3) is 0 Å². The average molecular weight is 313 g/mol. The van der Waals surface area contributed by atoms with Gasteiger partial charge in [0, 0.05) is 16.3 Å². The minimum Gasteiger partial charge on any atom is -0.496 e. The first-order valence-corrected chi connectivity index (χ1v) is 7.12. The van der Waals surface area contributed by atoms with Crippen LogP contribution in [-0.2, 0) is 11.9 Å². The van der Waals surface area contributed by atoms with Crippen molar-refractivity contribution in [2.45, 2.75) is 16.8 Å². The Morgan fingerprint density at radius 2 is 1.86 bits per heavy atom. The third kappa shape index (κ3) is 3.85. The molecular formula is C15H14F3NOS. The summed E-state index contributed by atoms with van der Waals surface area (Å²) in [4.78, 5) is 0.796. The van der Waals surface area contributed by atoms with E-state index in [9.17, 15) is 13.2 Å². The summed E-state index contributed by atoms with van der Waals surface area (Å²) in [6, 6.07) is 11.1. The van der Waals surface area contributed by atoms with Crippen molar-refractivity contribution in [3.05, 3.63) is 53.6 Å². The number of thioether (sulfide) groups is 1. The highest BCUT2D eigenvalue weighted by Crippen LogP contribution is 2.37. The zero-order valence-corrected chi connectivity index (χ0v) is 12.1. The van der Waals surface area contributed by atoms with Crippen LogP contribution in [0.1, 0.15) is 11.1 Å². The molecule has 2 N–H and O–H groups in total. The summed E-state index contributed by atoms with van der Waals surface area (Å²) < 4.78 is 44.2. The van der Waals surface area contributed by atoms with Crippen LogP contribution in [0.2, 0.25) is 0 Å². The van der Waals surface area contributed by atoms with E-state index in [1.54, 1.807) is 6.07 Å². The Balaban J connectivity index is 2.24. The van der Waals surface area contributed by atoms with Crippen molar-refractivity contribution in [2.75, 3.05) is 12.8 Å². The van der Waals surface area contributed by atoms with E-state index in [1.807, 2.05) is 18.2 Å². The number of nitrogen functional groups attached to an aromatic ring is 1. The van der Waals surface area contributed by atoms with Gasteiger partial charge in [-0.2, -0.15) is 13.2 Å². The van der Waals surface area contributed by atoms with Gasteiger partial charge >= 0.3 is 6.18 Å². The summed E-state index contributed by atoms with van der Waals surface area (Å²) in [7, 11) is 1.53. The van der Waals surface area contributed by atoms with Crippen LogP contribution in [0.25, 0.3) is 0 Å². The Morgan fingerprint density at radius 1 is 1.14 bits per heavy atom. The molecule has 6 heteroatoms. The topological polar surface area (TPSA) is 35.2 Å². The van der Waals surface area contributed by atoms with Gasteiger partial charge in [-0.1, -0.05) is 18.2 Å². The molecule has 0 saturated carbocycles. The molecule has 21 heavy (non-hydrogen) atoms. The zero-order chi connectivity index (χ0) is 15.5. The molecule has 0 aliphatic rings. The monoisotopic (exact) mass is 313 g/mol. The molecule has 0 aliphatic heterocycles. The zero-order valence-electron chi connectivity index (χ0n) is 11.3. The lowest BCUT2D eigenvalue weighted by Gasteiger charge is -2.14. The van der Waals surface area contributed by atoms with Crippen LogP contribution in [0.3, 0.4) is 0 Å². The maximum atomic E-state index is 13.0. The van der Waals surface area contributed by atoms with Crippen molar-refractivity contribution >= 4 is 17.4 Å². The minimum absolute atomic E-state index is 0.105. The number of nitrogens with two attached hydrogens (primary N) is 1. The predicted molar refractivity (Wildman–Crippen MR) is 78.4 cm³/mol. The van der Waals surface area contributed by atoms with Crippen molar-refractivity contribution in [1.29, 1.82) is 0 Å². The van der Waals surface area contributed by atoms with E-state index in [4.69, 9.17) is 10.5 Å². The van der Waals surface area contributed by atoms with E-state index >= 15 is 0 Å². The van der Waals surface area contributed by atoms with Crippen LogP contribution >= 0.6 is 11.8 Å². The predicted octanol–water partition coefficient (Wildman–Crippen LogP) is 4.59. The largest absolute Gasteiger partial charge is 0.496 e. The third-order valence-corrected chi connectivity index (χ3v) is 4.00. The summed E-state index contributed by atoms with van der Waals surface area (Å²) in [5, 5.41) is 0. The Kier molecular flexibility index (Phi) is 4.67. The van der Waals surface area contributed by atoms with E-state index in [0.29, 0.717) is 5.75 Å². The standard InChI is InChI=1S/C15H14F3NOS/c1-20-13-4-2-3-5-14(13)21-9-10-6-7-11(19)8-12(10)15(16,17)18/h2-8H,9,19H2,1H3. The van der Waals surface area contributed by atoms with Crippen LogP contribution in [0.4, 0.5) is 18.9 Å². The summed E-state index contributed by atoms with van der Waals surface area (Å²) >= 11 is 1.30. The highest BCUT2D eigenvalue weighted by atomic mass is 32.2. The summed E-state index contributed by atoms with van der Waals surface area (Å²) in [5.74, 6) is 0.835. The van der Waals surface area contributed by atoms with E-state index in [0.717, 1.165) is 11.0 Å². The molecule has 0 aliphatic carbocycles. The molecule has 0 amide bonds. The SMILES string of the molecule is COc1ccccc1SCc1ccc(N)cc1C(F)(F)F. The van der Waals surface area contributed by atoms with Crippen molar-refractivity contribution in [3.8, 4) is 5.75 Å². The quantitative estimate of drug-likeness (QED) is 0.662. The second-order valence-electron chi connectivity index (χ2n) is 4.35. The lowest BCUT2D eigenvalue weighted by Crippen LogP contribution is -2.09. The van der Waals surface area contributed by atoms with Crippen molar-refractivity contribution in [3.63, 3.8) is 0 Å². The second-order valence-corrected chi connectivity index (χ2v) is 5.37. The number of hydrogen-bond acceptors (Lipinski definition) is 3. The van der Waals surface area contributed by atoms with Crippen LogP contribution in [-0.4, -0.2) is 7.11 Å². The molecule has 0 bridgehead atoms. The second kappa shape index (κ2) is 6.30. The van der Waals surface area contributed by atoms with Crippen LogP contribution < -0.4 is 10.5 Å². The fourth-order valence-electron chi connectivity index (χ4n) is 1.88. The number of para-hydroxylation sites is 1. The average Bonchev–Trinajstić information content (AvgIpc) is 2.45. The van der Waals surface area contributed by atoms with E-state index in [2.05, 4.69) is 0 Å². The maximum absolute atomic E-state index is 13.0. The van der Waals surface area contributed by atoms with Crippen LogP contribution in [0.5, 0.6) is 5.75 Å². The summed E-state index contributed by atoms with van der Waals surface area (Å²) in [6.07, 6.45) is -4.41. The smallest absolute Gasteiger partial charge is 0.416 e. The van der Waals surface area contributed by atoms with E-state index in [1.165, 1.54) is 31.0 Å². The van der Waals surface area contributed by atoms with Gasteiger partial charge in [-0.15, -0.1) is 11.8 Å². The molecule has 0 spiro atoms. The first kappa shape index (κ1) is 15.6. The van der Waals surface area contributed by atoms with Crippen molar-refractivity contribution < 1.29 is 17.9 Å². The number of anilines is 1. The van der Waals surface area contributed by atoms with Crippen molar-refractivity contribution in [1.82, 2.24) is 0 Å². The van der Waals surface area contributed by atoms with Gasteiger partial charge in [-0.3, -0.25) is 0 Å². The van der Waals surface area contributed by atoms with Gasteiger partial charge in [0.2, 0.25) is 0 Å². The summed E-state index contributed by atoms with van der Waals surface area (Å²) in [6.45, 7) is 0. The van der Waals surface area contributed by atoms with Gasteiger partial charge in [-0.25, -0.2) is 0 Å². The van der Waals surface area contributed by atoms with Gasteiger partial charge in [0.1, 0.15) is 5.75 Å². The Labute approximate surface area is 125 Å². The Morgan fingerprint density at radius 3 is 2.52 bits per heavy atom. The first-order valence-electron chi connectivity index (χ1n) is 6.13. The molecule has 112 valence electrons. The molecule has 0 atom stereocenters. The maximum Gasteiger partial charge on any atom is 0.416 e. The minimum atomic E-state index is -4.41. The highest BCUT2D eigenvalue weighted by molar-refractivity contribution is 7.98. The van der Waals surface area contributed by atoms with Gasteiger partial charge in [0.05, 0.1) is 12.7 Å². The van der Waals surface area contributed by atoms with Gasteiger partial charge in [-0.05, 0) is 29.8 Å². The molecule has 0 fully saturated rings. The number of rotatable bonds is 4. The lowest BCUT2D eigenvalue weighted by molar-refractivity contribution is -0.138. The van der Waals surface area contributed by atoms with E-state index in [-0.39, 0.29) is 17.0 Å². The number of benzene rings is 2. The Bertz CT molecular complexity index is 629. The first-order chi connectivity index (χ1) is 9.91. The number of hydrogen-bond donors (Lipinski definition) is 1. The molecular weight excluding hydrogens is 299 g/mol. The molecule has 2 nitrogen and oxygen atoms in total. The number of ether oxygens (including phenoxy) is 1. The fourth-order valence-corrected chi connectivity index (χ4v) is 2.91. The van der Waals surface area contributed by atoms with Gasteiger partial charge < -0.3 is 10.5 Å². The number of alkyl halides is 3. The molecule has 0 saturated heterocycles. The fraction of sp³-hybridized carbons (Fsp3) is 0.200. The van der Waals surface area contributed by atoms with Gasteiger partial charge in [0.15, 0.2) is 0 Å². The molecule has 2 aromatic carbocycles. The number of methoxy groups -OCH3 is 1. The van der Waals surface area contributed by atoms with Crippen molar-refractivity contribution in [2.24, 2.45) is 0 Å². The Hall–Kier alpha value is -1.82. The molecule has 2 aromatic rings. The highest BCUT2D eigenvalue weighted by Gasteiger charge is 2.33. The van der Waals surface area contributed by atoms with Crippen LogP contribution in [0.15, 0.2) is 47.4 Å². The molecule has 0 radical (unpaired) electrons. The molecule has 0 aromatic heterocycles. The molecule has 2 rings (SSSR count). The van der Waals surface area contributed by atoms with Crippen LogP contribution in [0, 0.1) is 0 Å². The lowest BCUT2D eigenvalue weighted by atomic mass is 10.1. The third-order valence-electron chi connectivity index (χ3n) is 2.89. The molecule has 0 unspecified atom stereocenters. The molecule has 0 heterocycles.